The third kappa shape index (κ3) is 4.93. The highest BCUT2D eigenvalue weighted by molar-refractivity contribution is 6.34. The standard InChI is InChI=1S/C26H29ClFN5O3/c1-15-14-31(25(35)36-26(3,4)5)10-11-32(15)23-19-12-20(27)18(17-8-6-7-9-21(17)28)13-22(19)33(16(2)29)24(34)30-23/h6-9,12-13,15,29H,10-11,14H2,1-5H3/t15-/m0/s1. The van der Waals surface area contributed by atoms with E-state index in [9.17, 15) is 14.0 Å². The van der Waals surface area contributed by atoms with Crippen LogP contribution in [0.2, 0.25) is 5.02 Å². The molecule has 4 rings (SSSR count). The number of benzene rings is 2. The fourth-order valence-corrected chi connectivity index (χ4v) is 4.69. The van der Waals surface area contributed by atoms with Gasteiger partial charge in [-0.3, -0.25) is 5.41 Å². The summed E-state index contributed by atoms with van der Waals surface area (Å²) < 4.78 is 21.3. The molecule has 1 fully saturated rings. The van der Waals surface area contributed by atoms with Crippen molar-refractivity contribution in [3.05, 3.63) is 57.7 Å². The molecule has 0 unspecified atom stereocenters. The maximum absolute atomic E-state index is 14.6. The molecule has 2 aromatic carbocycles. The van der Waals surface area contributed by atoms with Crippen LogP contribution in [0.3, 0.4) is 0 Å². The highest BCUT2D eigenvalue weighted by atomic mass is 35.5. The molecule has 8 nitrogen and oxygen atoms in total. The predicted octanol–water partition coefficient (Wildman–Crippen LogP) is 5.15. The lowest BCUT2D eigenvalue weighted by atomic mass is 10.0. The van der Waals surface area contributed by atoms with Crippen molar-refractivity contribution in [2.75, 3.05) is 24.5 Å². The smallest absolute Gasteiger partial charge is 0.410 e. The molecule has 1 N–H and O–H groups in total. The number of fused-ring (bicyclic) bond motifs is 1. The molecular formula is C26H29ClFN5O3. The van der Waals surface area contributed by atoms with Crippen LogP contribution in [-0.4, -0.2) is 57.7 Å². The van der Waals surface area contributed by atoms with Crippen LogP contribution >= 0.6 is 11.6 Å². The second-order valence-electron chi connectivity index (χ2n) is 9.94. The van der Waals surface area contributed by atoms with Crippen LogP contribution in [0.5, 0.6) is 0 Å². The number of hydrogen-bond acceptors (Lipinski definition) is 6. The van der Waals surface area contributed by atoms with Gasteiger partial charge in [0.15, 0.2) is 0 Å². The largest absolute Gasteiger partial charge is 0.444 e. The molecule has 1 amide bonds. The third-order valence-corrected chi connectivity index (χ3v) is 6.32. The first-order valence-corrected chi connectivity index (χ1v) is 12.1. The number of rotatable bonds is 2. The highest BCUT2D eigenvalue weighted by Gasteiger charge is 2.32. The van der Waals surface area contributed by atoms with Crippen LogP contribution in [0.1, 0.15) is 34.6 Å². The zero-order valence-corrected chi connectivity index (χ0v) is 21.7. The predicted molar refractivity (Wildman–Crippen MR) is 140 cm³/mol. The number of hydrogen-bond donors (Lipinski definition) is 1. The zero-order valence-electron chi connectivity index (χ0n) is 20.9. The molecule has 1 saturated heterocycles. The summed E-state index contributed by atoms with van der Waals surface area (Å²) in [6, 6.07) is 9.36. The van der Waals surface area contributed by atoms with E-state index in [-0.39, 0.29) is 18.0 Å². The molecule has 10 heteroatoms. The molecule has 0 spiro atoms. The number of aromatic nitrogens is 2. The molecule has 3 aromatic rings. The fraction of sp³-hybridized carbons (Fsp3) is 0.385. The Hall–Kier alpha value is -3.46. The first-order chi connectivity index (χ1) is 16.9. The number of halogens is 2. The van der Waals surface area contributed by atoms with Gasteiger partial charge in [0.25, 0.3) is 0 Å². The molecule has 2 heterocycles. The number of amides is 1. The van der Waals surface area contributed by atoms with Crippen molar-refractivity contribution < 1.29 is 13.9 Å². The fourth-order valence-electron chi connectivity index (χ4n) is 4.42. The van der Waals surface area contributed by atoms with Crippen LogP contribution in [0.15, 0.2) is 41.2 Å². The molecule has 190 valence electrons. The average Bonchev–Trinajstić information content (AvgIpc) is 2.77. The summed E-state index contributed by atoms with van der Waals surface area (Å²) in [6.45, 7) is 10.1. The molecule has 0 bridgehead atoms. The Kier molecular flexibility index (Phi) is 6.79. The van der Waals surface area contributed by atoms with E-state index in [4.69, 9.17) is 21.7 Å². The first-order valence-electron chi connectivity index (χ1n) is 11.7. The van der Waals surface area contributed by atoms with E-state index >= 15 is 0 Å². The number of piperazine rings is 1. The van der Waals surface area contributed by atoms with Crippen molar-refractivity contribution in [1.82, 2.24) is 14.5 Å². The van der Waals surface area contributed by atoms with Crippen molar-refractivity contribution in [2.45, 2.75) is 46.3 Å². The maximum atomic E-state index is 14.6. The topological polar surface area (TPSA) is 91.5 Å². The molecule has 1 aliphatic rings. The summed E-state index contributed by atoms with van der Waals surface area (Å²) in [5.74, 6) is -0.0557. The summed E-state index contributed by atoms with van der Waals surface area (Å²) in [5, 5.41) is 9.03. The van der Waals surface area contributed by atoms with Crippen LogP contribution in [-0.2, 0) is 4.74 Å². The van der Waals surface area contributed by atoms with E-state index in [1.165, 1.54) is 17.6 Å². The van der Waals surface area contributed by atoms with Crippen molar-refractivity contribution >= 4 is 40.3 Å². The van der Waals surface area contributed by atoms with Crippen molar-refractivity contribution in [3.63, 3.8) is 0 Å². The monoisotopic (exact) mass is 513 g/mol. The first kappa shape index (κ1) is 25.6. The summed E-state index contributed by atoms with van der Waals surface area (Å²) in [6.07, 6.45) is -0.390. The number of nitrogens with zero attached hydrogens (tertiary/aromatic N) is 4. The third-order valence-electron chi connectivity index (χ3n) is 6.01. The molecule has 0 saturated carbocycles. The minimum atomic E-state index is -0.617. The van der Waals surface area contributed by atoms with E-state index in [2.05, 4.69) is 4.98 Å². The van der Waals surface area contributed by atoms with Gasteiger partial charge in [-0.05, 0) is 52.8 Å². The van der Waals surface area contributed by atoms with Gasteiger partial charge in [-0.25, -0.2) is 18.5 Å². The molecular weight excluding hydrogens is 485 g/mol. The molecule has 1 aliphatic heterocycles. The Balaban J connectivity index is 1.81. The van der Waals surface area contributed by atoms with E-state index < -0.39 is 17.1 Å². The summed E-state index contributed by atoms with van der Waals surface area (Å²) in [7, 11) is 0. The Morgan fingerprint density at radius 1 is 1.19 bits per heavy atom. The number of nitrogens with one attached hydrogen (secondary N) is 1. The van der Waals surface area contributed by atoms with Crippen LogP contribution < -0.4 is 10.6 Å². The van der Waals surface area contributed by atoms with Gasteiger partial charge in [0.1, 0.15) is 23.1 Å². The second-order valence-corrected chi connectivity index (χ2v) is 10.3. The number of carbonyl (C=O) groups is 1. The SMILES string of the molecule is CC(=N)n1c(=O)nc(N2CCN(C(=O)OC(C)(C)C)C[C@@H]2C)c2cc(Cl)c(-c3ccccc3F)cc21. The minimum Gasteiger partial charge on any atom is -0.444 e. The van der Waals surface area contributed by atoms with E-state index in [1.54, 1.807) is 35.2 Å². The quantitative estimate of drug-likeness (QED) is 0.378. The summed E-state index contributed by atoms with van der Waals surface area (Å²) in [5.41, 5.74) is -0.104. The number of anilines is 1. The van der Waals surface area contributed by atoms with Gasteiger partial charge in [-0.1, -0.05) is 29.8 Å². The normalized spacial score (nSPS) is 16.4. The van der Waals surface area contributed by atoms with Gasteiger partial charge in [0.05, 0.1) is 5.52 Å². The van der Waals surface area contributed by atoms with Crippen LogP contribution in [0, 0.1) is 11.2 Å². The highest BCUT2D eigenvalue weighted by Crippen LogP contribution is 2.36. The van der Waals surface area contributed by atoms with Crippen LogP contribution in [0.25, 0.3) is 22.0 Å². The number of carbonyl (C=O) groups excluding carboxylic acids is 1. The zero-order chi connectivity index (χ0) is 26.4. The van der Waals surface area contributed by atoms with E-state index in [1.807, 2.05) is 32.6 Å². The maximum Gasteiger partial charge on any atom is 0.410 e. The number of ether oxygens (including phenoxy) is 1. The molecule has 1 aromatic heterocycles. The lowest BCUT2D eigenvalue weighted by Gasteiger charge is -2.41. The summed E-state index contributed by atoms with van der Waals surface area (Å²) in [4.78, 5) is 33.5. The Morgan fingerprint density at radius 2 is 1.89 bits per heavy atom. The van der Waals surface area contributed by atoms with Crippen molar-refractivity contribution in [2.24, 2.45) is 0 Å². The van der Waals surface area contributed by atoms with E-state index in [0.717, 1.165) is 0 Å². The average molecular weight is 514 g/mol. The molecule has 0 radical (unpaired) electrons. The molecule has 36 heavy (non-hydrogen) atoms. The molecule has 1 atom stereocenters. The van der Waals surface area contributed by atoms with Gasteiger partial charge in [0, 0.05) is 47.2 Å². The van der Waals surface area contributed by atoms with Gasteiger partial charge >= 0.3 is 11.8 Å². The van der Waals surface area contributed by atoms with E-state index in [0.29, 0.717) is 52.5 Å². The van der Waals surface area contributed by atoms with Gasteiger partial charge in [-0.15, -0.1) is 0 Å². The minimum absolute atomic E-state index is 0.0198. The van der Waals surface area contributed by atoms with Crippen LogP contribution in [0.4, 0.5) is 15.0 Å². The van der Waals surface area contributed by atoms with Gasteiger partial charge < -0.3 is 14.5 Å². The molecule has 0 aliphatic carbocycles. The lowest BCUT2D eigenvalue weighted by molar-refractivity contribution is 0.0218. The lowest BCUT2D eigenvalue weighted by Crippen LogP contribution is -2.55. The second kappa shape index (κ2) is 9.54. The Labute approximate surface area is 213 Å². The summed E-state index contributed by atoms with van der Waals surface area (Å²) >= 11 is 6.63. The van der Waals surface area contributed by atoms with Crippen molar-refractivity contribution in [1.29, 1.82) is 5.41 Å². The van der Waals surface area contributed by atoms with Gasteiger partial charge in [-0.2, -0.15) is 4.98 Å². The van der Waals surface area contributed by atoms with Crippen molar-refractivity contribution in [3.8, 4) is 11.1 Å². The Bertz CT molecular complexity index is 1420. The van der Waals surface area contributed by atoms with Gasteiger partial charge in [0.2, 0.25) is 0 Å². The Morgan fingerprint density at radius 3 is 2.50 bits per heavy atom.